The van der Waals surface area contributed by atoms with Crippen molar-refractivity contribution in [2.45, 2.75) is 52.5 Å². The zero-order valence-electron chi connectivity index (χ0n) is 15.6. The normalized spacial score (nSPS) is 15.5. The van der Waals surface area contributed by atoms with Gasteiger partial charge in [-0.05, 0) is 48.8 Å². The molecule has 5 heteroatoms. The van der Waals surface area contributed by atoms with Crippen molar-refractivity contribution in [3.05, 3.63) is 46.1 Å². The van der Waals surface area contributed by atoms with Crippen LogP contribution in [0.2, 0.25) is 0 Å². The number of aromatic nitrogens is 1. The maximum absolute atomic E-state index is 13.6. The van der Waals surface area contributed by atoms with E-state index >= 15 is 0 Å². The molecule has 0 spiro atoms. The molecule has 3 rings (SSSR count). The van der Waals surface area contributed by atoms with E-state index in [-0.39, 0.29) is 11.5 Å². The SMILES string of the molecule is CC(C)CCn1c(C(=O)N2CCCCCC2)cc2ccc(F)cc2c1=O. The molecule has 26 heavy (non-hydrogen) atoms. The first-order valence-electron chi connectivity index (χ1n) is 9.60. The molecule has 0 aliphatic carbocycles. The Bertz CT molecular complexity index is 849. The first-order valence-corrected chi connectivity index (χ1v) is 9.60. The van der Waals surface area contributed by atoms with Crippen LogP contribution in [0.4, 0.5) is 4.39 Å². The van der Waals surface area contributed by atoms with Gasteiger partial charge in [-0.15, -0.1) is 0 Å². The fourth-order valence-electron chi connectivity index (χ4n) is 3.54. The van der Waals surface area contributed by atoms with Crippen LogP contribution in [0.1, 0.15) is 56.4 Å². The second-order valence-corrected chi connectivity index (χ2v) is 7.61. The van der Waals surface area contributed by atoms with Gasteiger partial charge in [0.25, 0.3) is 11.5 Å². The summed E-state index contributed by atoms with van der Waals surface area (Å²) in [5.41, 5.74) is 0.150. The van der Waals surface area contributed by atoms with Gasteiger partial charge in [-0.2, -0.15) is 0 Å². The third kappa shape index (κ3) is 3.97. The number of hydrogen-bond donors (Lipinski definition) is 0. The molecule has 0 bridgehead atoms. The molecule has 1 aromatic carbocycles. The summed E-state index contributed by atoms with van der Waals surface area (Å²) >= 11 is 0. The molecular weight excluding hydrogens is 331 g/mol. The van der Waals surface area contributed by atoms with Gasteiger partial charge in [0, 0.05) is 19.6 Å². The maximum Gasteiger partial charge on any atom is 0.270 e. The van der Waals surface area contributed by atoms with Crippen molar-refractivity contribution in [2.24, 2.45) is 5.92 Å². The number of halogens is 1. The lowest BCUT2D eigenvalue weighted by Gasteiger charge is -2.23. The van der Waals surface area contributed by atoms with Crippen LogP contribution in [0.5, 0.6) is 0 Å². The van der Waals surface area contributed by atoms with E-state index in [1.54, 1.807) is 16.7 Å². The van der Waals surface area contributed by atoms with Crippen molar-refractivity contribution in [1.29, 1.82) is 0 Å². The van der Waals surface area contributed by atoms with Gasteiger partial charge in [0.05, 0.1) is 5.39 Å². The number of pyridine rings is 1. The van der Waals surface area contributed by atoms with Gasteiger partial charge in [0.2, 0.25) is 0 Å². The first kappa shape index (κ1) is 18.6. The Morgan fingerprint density at radius 3 is 2.46 bits per heavy atom. The predicted molar refractivity (Wildman–Crippen MR) is 102 cm³/mol. The third-order valence-corrected chi connectivity index (χ3v) is 5.12. The van der Waals surface area contributed by atoms with Crippen molar-refractivity contribution < 1.29 is 9.18 Å². The summed E-state index contributed by atoms with van der Waals surface area (Å²) in [7, 11) is 0. The van der Waals surface area contributed by atoms with Gasteiger partial charge < -0.3 is 9.47 Å². The molecule has 0 atom stereocenters. The predicted octanol–water partition coefficient (Wildman–Crippen LogP) is 4.20. The highest BCUT2D eigenvalue weighted by molar-refractivity contribution is 5.96. The van der Waals surface area contributed by atoms with E-state index in [9.17, 15) is 14.0 Å². The van der Waals surface area contributed by atoms with Gasteiger partial charge >= 0.3 is 0 Å². The van der Waals surface area contributed by atoms with Gasteiger partial charge in [-0.25, -0.2) is 4.39 Å². The molecule has 1 saturated heterocycles. The maximum atomic E-state index is 13.6. The van der Waals surface area contributed by atoms with Gasteiger partial charge in [0.1, 0.15) is 11.5 Å². The Balaban J connectivity index is 2.08. The summed E-state index contributed by atoms with van der Waals surface area (Å²) in [6, 6.07) is 5.94. The summed E-state index contributed by atoms with van der Waals surface area (Å²) in [6.45, 7) is 6.11. The number of fused-ring (bicyclic) bond motifs is 1. The Morgan fingerprint density at radius 1 is 1.12 bits per heavy atom. The number of likely N-dealkylation sites (tertiary alicyclic amines) is 1. The van der Waals surface area contributed by atoms with Crippen molar-refractivity contribution in [1.82, 2.24) is 9.47 Å². The summed E-state index contributed by atoms with van der Waals surface area (Å²) in [6.07, 6.45) is 5.07. The lowest BCUT2D eigenvalue weighted by molar-refractivity contribution is 0.0749. The van der Waals surface area contributed by atoms with Crippen LogP contribution in [0.15, 0.2) is 29.1 Å². The minimum absolute atomic E-state index is 0.0843. The number of carbonyl (C=O) groups is 1. The number of carbonyl (C=O) groups excluding carboxylic acids is 1. The molecule has 0 radical (unpaired) electrons. The van der Waals surface area contributed by atoms with E-state index in [2.05, 4.69) is 13.8 Å². The summed E-state index contributed by atoms with van der Waals surface area (Å²) < 4.78 is 15.2. The molecule has 1 amide bonds. The Labute approximate surface area is 153 Å². The van der Waals surface area contributed by atoms with Crippen LogP contribution in [0.25, 0.3) is 10.8 Å². The van der Waals surface area contributed by atoms with E-state index in [1.807, 2.05) is 4.90 Å². The number of rotatable bonds is 4. The molecule has 1 aromatic heterocycles. The number of nitrogens with zero attached hydrogens (tertiary/aromatic N) is 2. The largest absolute Gasteiger partial charge is 0.337 e. The van der Waals surface area contributed by atoms with E-state index in [4.69, 9.17) is 0 Å². The van der Waals surface area contributed by atoms with Crippen LogP contribution in [-0.2, 0) is 6.54 Å². The number of hydrogen-bond acceptors (Lipinski definition) is 2. The highest BCUT2D eigenvalue weighted by atomic mass is 19.1. The van der Waals surface area contributed by atoms with Crippen LogP contribution < -0.4 is 5.56 Å². The van der Waals surface area contributed by atoms with E-state index in [0.717, 1.165) is 45.2 Å². The lowest BCUT2D eigenvalue weighted by atomic mass is 10.1. The number of benzene rings is 1. The molecule has 1 aliphatic rings. The van der Waals surface area contributed by atoms with Crippen LogP contribution in [0, 0.1) is 11.7 Å². The molecule has 1 fully saturated rings. The fourth-order valence-corrected chi connectivity index (χ4v) is 3.54. The second-order valence-electron chi connectivity index (χ2n) is 7.61. The Hall–Kier alpha value is -2.17. The van der Waals surface area contributed by atoms with Crippen LogP contribution in [0.3, 0.4) is 0 Å². The summed E-state index contributed by atoms with van der Waals surface area (Å²) in [5.74, 6) is -0.109. The lowest BCUT2D eigenvalue weighted by Crippen LogP contribution is -2.37. The van der Waals surface area contributed by atoms with Crippen molar-refractivity contribution in [2.75, 3.05) is 13.1 Å². The number of amides is 1. The van der Waals surface area contributed by atoms with Gasteiger partial charge in [0.15, 0.2) is 0 Å². The smallest absolute Gasteiger partial charge is 0.270 e. The standard InChI is InChI=1S/C21H27FN2O2/c1-15(2)9-12-24-19(21(26)23-10-5-3-4-6-11-23)13-16-7-8-17(22)14-18(16)20(24)25/h7-8,13-15H,3-6,9-12H2,1-2H3. The summed E-state index contributed by atoms with van der Waals surface area (Å²) in [5, 5.41) is 0.955. The van der Waals surface area contributed by atoms with E-state index < -0.39 is 5.82 Å². The van der Waals surface area contributed by atoms with Crippen LogP contribution in [-0.4, -0.2) is 28.5 Å². The zero-order valence-corrected chi connectivity index (χ0v) is 15.6. The van der Waals surface area contributed by atoms with Gasteiger partial charge in [-0.3, -0.25) is 9.59 Å². The molecule has 0 N–H and O–H groups in total. The first-order chi connectivity index (χ1) is 12.5. The molecule has 140 valence electrons. The highest BCUT2D eigenvalue weighted by Crippen LogP contribution is 2.18. The quantitative estimate of drug-likeness (QED) is 0.822. The molecule has 4 nitrogen and oxygen atoms in total. The third-order valence-electron chi connectivity index (χ3n) is 5.12. The zero-order chi connectivity index (χ0) is 18.7. The highest BCUT2D eigenvalue weighted by Gasteiger charge is 2.22. The average Bonchev–Trinajstić information content (AvgIpc) is 2.90. The molecular formula is C21H27FN2O2. The van der Waals surface area contributed by atoms with Crippen molar-refractivity contribution in [3.8, 4) is 0 Å². The molecule has 1 aliphatic heterocycles. The van der Waals surface area contributed by atoms with Gasteiger partial charge in [-0.1, -0.05) is 32.8 Å². The van der Waals surface area contributed by atoms with Crippen molar-refractivity contribution >= 4 is 16.7 Å². The Morgan fingerprint density at radius 2 is 1.81 bits per heavy atom. The molecule has 0 saturated carbocycles. The monoisotopic (exact) mass is 358 g/mol. The minimum Gasteiger partial charge on any atom is -0.337 e. The summed E-state index contributed by atoms with van der Waals surface area (Å²) in [4.78, 5) is 28.0. The molecule has 2 heterocycles. The van der Waals surface area contributed by atoms with E-state index in [0.29, 0.717) is 28.9 Å². The van der Waals surface area contributed by atoms with Crippen molar-refractivity contribution in [3.63, 3.8) is 0 Å². The molecule has 0 unspecified atom stereocenters. The van der Waals surface area contributed by atoms with E-state index in [1.165, 1.54) is 12.1 Å². The Kier molecular flexibility index (Phi) is 5.74. The van der Waals surface area contributed by atoms with Crippen LogP contribution >= 0.6 is 0 Å². The average molecular weight is 358 g/mol. The second kappa shape index (κ2) is 8.02. The minimum atomic E-state index is -0.434. The topological polar surface area (TPSA) is 42.3 Å². The fraction of sp³-hybridized carbons (Fsp3) is 0.524. The molecule has 2 aromatic rings.